The molecule has 1 heterocycles. The smallest absolute Gasteiger partial charge is 0.240 e. The number of nitrogens with zero attached hydrogens (tertiary/aromatic N) is 2. The van der Waals surface area contributed by atoms with E-state index in [0.717, 1.165) is 17.3 Å². The number of amides is 2. The van der Waals surface area contributed by atoms with Gasteiger partial charge < -0.3 is 10.6 Å². The van der Waals surface area contributed by atoms with Crippen molar-refractivity contribution in [2.45, 2.75) is 11.7 Å². The van der Waals surface area contributed by atoms with Gasteiger partial charge in [0.05, 0.1) is 0 Å². The average molecular weight is 396 g/mol. The minimum Gasteiger partial charge on any atom is -0.326 e. The molecule has 2 aromatic rings. The topological polar surface area (TPSA) is 82.9 Å². The van der Waals surface area contributed by atoms with Crippen LogP contribution in [0, 0.1) is 5.82 Å². The van der Waals surface area contributed by atoms with Gasteiger partial charge in [-0.05, 0) is 35.9 Å². The third-order valence-electron chi connectivity index (χ3n) is 3.66. The number of hydrogen-bond acceptors (Lipinski definition) is 5. The molecule has 28 heavy (non-hydrogen) atoms. The van der Waals surface area contributed by atoms with Crippen molar-refractivity contribution in [1.29, 1.82) is 0 Å². The van der Waals surface area contributed by atoms with E-state index in [0.29, 0.717) is 10.9 Å². The van der Waals surface area contributed by atoms with Crippen LogP contribution in [0.5, 0.6) is 0 Å². The lowest BCUT2D eigenvalue weighted by molar-refractivity contribution is -0.122. The number of thioether (sulfide) groups is 1. The first-order valence-corrected chi connectivity index (χ1v) is 9.34. The Labute approximate surface area is 165 Å². The molecule has 1 unspecified atom stereocenters. The van der Waals surface area contributed by atoms with Gasteiger partial charge in [-0.15, -0.1) is 5.10 Å². The molecule has 0 aromatic heterocycles. The summed E-state index contributed by atoms with van der Waals surface area (Å²) in [5.41, 5.74) is 1.51. The number of rotatable bonds is 6. The van der Waals surface area contributed by atoms with Crippen molar-refractivity contribution in [2.24, 2.45) is 10.2 Å². The van der Waals surface area contributed by atoms with Crippen molar-refractivity contribution in [2.75, 3.05) is 5.32 Å². The van der Waals surface area contributed by atoms with Crippen LogP contribution in [-0.2, 0) is 9.59 Å². The summed E-state index contributed by atoms with van der Waals surface area (Å²) in [5.74, 6) is -1.02. The van der Waals surface area contributed by atoms with E-state index in [1.165, 1.54) is 30.5 Å². The van der Waals surface area contributed by atoms with E-state index in [1.807, 2.05) is 36.4 Å². The highest BCUT2D eigenvalue weighted by Crippen LogP contribution is 2.23. The Kier molecular flexibility index (Phi) is 6.69. The lowest BCUT2D eigenvalue weighted by Crippen LogP contribution is -2.28. The van der Waals surface area contributed by atoms with Crippen molar-refractivity contribution >= 4 is 46.7 Å². The number of carbonyl (C=O) groups is 2. The SMILES string of the molecule is O=C(CC1S/C(=N/N=CC=Cc2ccccc2)NC1=O)Nc1ccc(F)cc1. The van der Waals surface area contributed by atoms with Crippen LogP contribution in [-0.4, -0.2) is 28.4 Å². The van der Waals surface area contributed by atoms with Crippen LogP contribution in [0.3, 0.4) is 0 Å². The molecule has 0 aliphatic carbocycles. The number of halogens is 1. The maximum atomic E-state index is 12.9. The monoisotopic (exact) mass is 396 g/mol. The van der Waals surface area contributed by atoms with Crippen LogP contribution in [0.15, 0.2) is 70.9 Å². The van der Waals surface area contributed by atoms with Crippen molar-refractivity contribution in [3.63, 3.8) is 0 Å². The normalized spacial score (nSPS) is 18.1. The van der Waals surface area contributed by atoms with Crippen LogP contribution in [0.1, 0.15) is 12.0 Å². The number of allylic oxidation sites excluding steroid dienone is 1. The van der Waals surface area contributed by atoms with Gasteiger partial charge in [-0.2, -0.15) is 5.10 Å². The molecule has 0 spiro atoms. The van der Waals surface area contributed by atoms with E-state index in [9.17, 15) is 14.0 Å². The van der Waals surface area contributed by atoms with E-state index in [1.54, 1.807) is 6.08 Å². The Hall–Kier alpha value is -3.26. The second kappa shape index (κ2) is 9.61. The van der Waals surface area contributed by atoms with Crippen molar-refractivity contribution in [3.8, 4) is 0 Å². The number of amidine groups is 1. The predicted octanol–water partition coefficient (Wildman–Crippen LogP) is 3.44. The zero-order chi connectivity index (χ0) is 19.8. The standard InChI is InChI=1S/C20H17FN4O2S/c21-15-8-10-16(11-9-15)23-18(26)13-17-19(27)24-20(28-17)25-22-12-4-7-14-5-2-1-3-6-14/h1-12,17H,13H2,(H,23,26)(H,24,25,27). The molecule has 6 nitrogen and oxygen atoms in total. The van der Waals surface area contributed by atoms with Gasteiger partial charge >= 0.3 is 0 Å². The number of hydrogen-bond donors (Lipinski definition) is 2. The number of anilines is 1. The first-order chi connectivity index (χ1) is 13.6. The Morgan fingerprint density at radius 1 is 1.18 bits per heavy atom. The summed E-state index contributed by atoms with van der Waals surface area (Å²) in [6.45, 7) is 0. The Morgan fingerprint density at radius 3 is 2.68 bits per heavy atom. The van der Waals surface area contributed by atoms with Crippen molar-refractivity contribution in [3.05, 3.63) is 72.1 Å². The number of carbonyl (C=O) groups excluding carboxylic acids is 2. The molecular formula is C20H17FN4O2S. The van der Waals surface area contributed by atoms with Gasteiger partial charge in [0.25, 0.3) is 0 Å². The predicted molar refractivity (Wildman–Crippen MR) is 111 cm³/mol. The zero-order valence-corrected chi connectivity index (χ0v) is 15.5. The summed E-state index contributed by atoms with van der Waals surface area (Å²) in [7, 11) is 0. The van der Waals surface area contributed by atoms with E-state index in [-0.39, 0.29) is 24.1 Å². The third kappa shape index (κ3) is 5.88. The highest BCUT2D eigenvalue weighted by atomic mass is 32.2. The molecule has 2 N–H and O–H groups in total. The number of nitrogens with one attached hydrogen (secondary N) is 2. The summed E-state index contributed by atoms with van der Waals surface area (Å²) in [6.07, 6.45) is 5.12. The van der Waals surface area contributed by atoms with Gasteiger partial charge in [0.1, 0.15) is 11.1 Å². The largest absolute Gasteiger partial charge is 0.326 e. The zero-order valence-electron chi connectivity index (χ0n) is 14.7. The van der Waals surface area contributed by atoms with E-state index in [4.69, 9.17) is 0 Å². The molecule has 142 valence electrons. The van der Waals surface area contributed by atoms with Crippen LogP contribution >= 0.6 is 11.8 Å². The molecule has 3 rings (SSSR count). The van der Waals surface area contributed by atoms with Gasteiger partial charge in [-0.25, -0.2) is 4.39 Å². The van der Waals surface area contributed by atoms with Crippen LogP contribution in [0.2, 0.25) is 0 Å². The molecule has 0 radical (unpaired) electrons. The molecule has 1 aliphatic heterocycles. The van der Waals surface area contributed by atoms with Gasteiger partial charge in [-0.3, -0.25) is 9.59 Å². The minimum absolute atomic E-state index is 0.0233. The fourth-order valence-electron chi connectivity index (χ4n) is 2.34. The molecule has 2 amide bonds. The van der Waals surface area contributed by atoms with Crippen molar-refractivity contribution in [1.82, 2.24) is 5.32 Å². The molecular weight excluding hydrogens is 379 g/mol. The summed E-state index contributed by atoms with van der Waals surface area (Å²) in [4.78, 5) is 24.0. The van der Waals surface area contributed by atoms with Crippen LogP contribution < -0.4 is 10.6 Å². The molecule has 0 bridgehead atoms. The quantitative estimate of drug-likeness (QED) is 0.580. The van der Waals surface area contributed by atoms with Crippen molar-refractivity contribution < 1.29 is 14.0 Å². The Morgan fingerprint density at radius 2 is 1.93 bits per heavy atom. The van der Waals surface area contributed by atoms with Gasteiger partial charge in [0, 0.05) is 18.3 Å². The minimum atomic E-state index is -0.589. The van der Waals surface area contributed by atoms with E-state index in [2.05, 4.69) is 20.8 Å². The third-order valence-corrected chi connectivity index (χ3v) is 4.74. The summed E-state index contributed by atoms with van der Waals surface area (Å²) in [5, 5.41) is 12.8. The first-order valence-electron chi connectivity index (χ1n) is 8.46. The fraction of sp³-hybridized carbons (Fsp3) is 0.100. The highest BCUT2D eigenvalue weighted by Gasteiger charge is 2.32. The van der Waals surface area contributed by atoms with E-state index < -0.39 is 5.25 Å². The van der Waals surface area contributed by atoms with E-state index >= 15 is 0 Å². The fourth-order valence-corrected chi connectivity index (χ4v) is 3.27. The summed E-state index contributed by atoms with van der Waals surface area (Å²) >= 11 is 1.15. The van der Waals surface area contributed by atoms with Gasteiger partial charge in [0.15, 0.2) is 5.17 Å². The Bertz CT molecular complexity index is 927. The molecule has 0 saturated carbocycles. The van der Waals surface area contributed by atoms with Gasteiger partial charge in [-0.1, -0.05) is 48.2 Å². The average Bonchev–Trinajstić information content (AvgIpc) is 3.03. The summed E-state index contributed by atoms with van der Waals surface area (Å²) < 4.78 is 12.9. The molecule has 2 aromatic carbocycles. The maximum Gasteiger partial charge on any atom is 0.240 e. The maximum absolute atomic E-state index is 12.9. The van der Waals surface area contributed by atoms with Crippen LogP contribution in [0.4, 0.5) is 10.1 Å². The second-order valence-corrected chi connectivity index (χ2v) is 6.99. The first kappa shape index (κ1) is 19.5. The number of benzene rings is 2. The Balaban J connectivity index is 1.49. The second-order valence-electron chi connectivity index (χ2n) is 5.79. The van der Waals surface area contributed by atoms with Crippen LogP contribution in [0.25, 0.3) is 6.08 Å². The molecule has 1 atom stereocenters. The summed E-state index contributed by atoms with van der Waals surface area (Å²) in [6, 6.07) is 15.2. The molecule has 1 saturated heterocycles. The highest BCUT2D eigenvalue weighted by molar-refractivity contribution is 8.15. The lowest BCUT2D eigenvalue weighted by Gasteiger charge is -2.07. The van der Waals surface area contributed by atoms with Gasteiger partial charge in [0.2, 0.25) is 11.8 Å². The lowest BCUT2D eigenvalue weighted by atomic mass is 10.2. The molecule has 8 heteroatoms. The molecule has 1 aliphatic rings. The molecule has 1 fully saturated rings.